The van der Waals surface area contributed by atoms with Gasteiger partial charge in [-0.25, -0.2) is 5.90 Å². The van der Waals surface area contributed by atoms with Crippen LogP contribution in [0.4, 0.5) is 32.0 Å². The monoisotopic (exact) mass is 585 g/mol. The van der Waals surface area contributed by atoms with Gasteiger partial charge < -0.3 is 10.4 Å². The second-order valence-corrected chi connectivity index (χ2v) is 11.9. The number of alkyl halides is 6. The maximum absolute atomic E-state index is 13.6. The zero-order valence-corrected chi connectivity index (χ0v) is 22.9. The molecule has 2 heterocycles. The number of aryl methyl sites for hydroxylation is 1. The summed E-state index contributed by atoms with van der Waals surface area (Å²) in [6.45, 7) is 2.80. The molecule has 5 nitrogen and oxygen atoms in total. The molecule has 5 rings (SSSR count). The molecule has 11 heteroatoms. The number of rotatable bonds is 8. The summed E-state index contributed by atoms with van der Waals surface area (Å²) < 4.78 is 80.3. The first-order valence-corrected chi connectivity index (χ1v) is 14.3. The number of nitrogens with two attached hydrogens (primary N) is 1. The predicted molar refractivity (Wildman–Crippen MR) is 143 cm³/mol. The number of halogens is 6. The van der Waals surface area contributed by atoms with E-state index in [0.717, 1.165) is 49.8 Å². The van der Waals surface area contributed by atoms with Gasteiger partial charge in [0, 0.05) is 24.2 Å². The molecular weight excluding hydrogens is 548 g/mol. The Bertz CT molecular complexity index is 1210. The van der Waals surface area contributed by atoms with Gasteiger partial charge in [0.1, 0.15) is 0 Å². The van der Waals surface area contributed by atoms with Crippen LogP contribution in [0.15, 0.2) is 36.4 Å². The zero-order chi connectivity index (χ0) is 29.5. The van der Waals surface area contributed by atoms with E-state index in [2.05, 4.69) is 23.5 Å². The summed E-state index contributed by atoms with van der Waals surface area (Å²) in [5.74, 6) is 6.01. The lowest BCUT2D eigenvalue weighted by molar-refractivity contribution is -0.142. The first-order valence-electron chi connectivity index (χ1n) is 14.3. The van der Waals surface area contributed by atoms with E-state index in [0.29, 0.717) is 43.1 Å². The van der Waals surface area contributed by atoms with Crippen LogP contribution in [0.5, 0.6) is 0 Å². The molecule has 226 valence electrons. The summed E-state index contributed by atoms with van der Waals surface area (Å²) >= 11 is 0. The minimum Gasteiger partial charge on any atom is -0.382 e. The molecule has 2 aromatic rings. The zero-order valence-electron chi connectivity index (χ0n) is 22.9. The molecule has 0 spiro atoms. The van der Waals surface area contributed by atoms with Crippen LogP contribution in [0.2, 0.25) is 0 Å². The van der Waals surface area contributed by atoms with Crippen LogP contribution in [0.25, 0.3) is 0 Å². The van der Waals surface area contributed by atoms with Gasteiger partial charge in [0.15, 0.2) is 6.29 Å². The Kier molecular flexibility index (Phi) is 8.63. The van der Waals surface area contributed by atoms with Crippen molar-refractivity contribution in [2.24, 2.45) is 23.7 Å². The average Bonchev–Trinajstić information content (AvgIpc) is 3.77. The molecule has 1 aliphatic carbocycles. The van der Waals surface area contributed by atoms with E-state index in [1.165, 1.54) is 5.56 Å². The second kappa shape index (κ2) is 11.7. The largest absolute Gasteiger partial charge is 0.416 e. The van der Waals surface area contributed by atoms with Crippen LogP contribution >= 0.6 is 0 Å². The Balaban J connectivity index is 1.24. The minimum absolute atomic E-state index is 0.127. The molecule has 2 fully saturated rings. The van der Waals surface area contributed by atoms with Crippen molar-refractivity contribution in [2.75, 3.05) is 18.4 Å². The smallest absolute Gasteiger partial charge is 0.382 e. The van der Waals surface area contributed by atoms with Crippen molar-refractivity contribution >= 4 is 5.69 Å². The molecule has 0 radical (unpaired) electrons. The molecule has 1 saturated carbocycles. The van der Waals surface area contributed by atoms with Gasteiger partial charge >= 0.3 is 12.4 Å². The van der Waals surface area contributed by atoms with Crippen molar-refractivity contribution in [1.82, 2.24) is 4.90 Å². The number of anilines is 1. The molecule has 1 saturated heterocycles. The van der Waals surface area contributed by atoms with E-state index < -0.39 is 29.8 Å². The molecule has 0 aromatic heterocycles. The number of nitrogens with zero attached hydrogens (tertiary/aromatic N) is 1. The summed E-state index contributed by atoms with van der Waals surface area (Å²) in [5, 5.41) is 13.9. The van der Waals surface area contributed by atoms with Crippen molar-refractivity contribution in [2.45, 2.75) is 82.6 Å². The third kappa shape index (κ3) is 6.84. The Morgan fingerprint density at radius 3 is 2.29 bits per heavy atom. The molecule has 2 aliphatic heterocycles. The third-order valence-corrected chi connectivity index (χ3v) is 9.20. The highest BCUT2D eigenvalue weighted by Crippen LogP contribution is 2.48. The number of fused-ring (bicyclic) bond motifs is 1. The lowest BCUT2D eigenvalue weighted by atomic mass is 9.80. The van der Waals surface area contributed by atoms with Crippen molar-refractivity contribution in [3.8, 4) is 0 Å². The molecule has 4 atom stereocenters. The van der Waals surface area contributed by atoms with Crippen molar-refractivity contribution in [3.63, 3.8) is 0 Å². The van der Waals surface area contributed by atoms with Crippen LogP contribution in [-0.4, -0.2) is 35.4 Å². The maximum Gasteiger partial charge on any atom is 0.416 e. The highest BCUT2D eigenvalue weighted by Gasteiger charge is 2.40. The van der Waals surface area contributed by atoms with E-state index in [1.54, 1.807) is 0 Å². The van der Waals surface area contributed by atoms with Crippen LogP contribution in [-0.2, 0) is 30.2 Å². The summed E-state index contributed by atoms with van der Waals surface area (Å²) in [6.07, 6.45) is -4.94. The molecule has 0 amide bonds. The Labute approximate surface area is 236 Å². The summed E-state index contributed by atoms with van der Waals surface area (Å²) in [6, 6.07) is 8.33. The molecule has 2 unspecified atom stereocenters. The van der Waals surface area contributed by atoms with Gasteiger partial charge in [-0.2, -0.15) is 26.3 Å². The minimum atomic E-state index is -4.72. The number of likely N-dealkylation sites (tertiary alicyclic amines) is 1. The number of aliphatic hydroxyl groups excluding tert-OH is 1. The van der Waals surface area contributed by atoms with Gasteiger partial charge in [-0.15, -0.1) is 0 Å². The first kappa shape index (κ1) is 30.1. The van der Waals surface area contributed by atoms with Crippen molar-refractivity contribution < 1.29 is 36.3 Å². The van der Waals surface area contributed by atoms with E-state index in [9.17, 15) is 31.4 Å². The lowest BCUT2D eigenvalue weighted by Gasteiger charge is -2.39. The Morgan fingerprint density at radius 1 is 0.976 bits per heavy atom. The first-order chi connectivity index (χ1) is 19.3. The van der Waals surface area contributed by atoms with Crippen LogP contribution < -0.4 is 11.2 Å². The molecular formula is C30H37F6N3O2. The second-order valence-electron chi connectivity index (χ2n) is 11.9. The van der Waals surface area contributed by atoms with E-state index in [1.807, 2.05) is 11.8 Å². The third-order valence-electron chi connectivity index (χ3n) is 9.20. The van der Waals surface area contributed by atoms with E-state index >= 15 is 0 Å². The van der Waals surface area contributed by atoms with Crippen LogP contribution in [0.3, 0.4) is 0 Å². The molecule has 0 bridgehead atoms. The molecule has 4 N–H and O–H groups in total. The average molecular weight is 586 g/mol. The SMILES string of the molecule is C[C@H](C(O)ON)[C@H](c1ccc2c(c1)NC(C1CCN(Cc3cc(C(F)(F)F)ccc3C(F)(F)F)CC1)CC2)C1CC1. The maximum atomic E-state index is 13.6. The highest BCUT2D eigenvalue weighted by molar-refractivity contribution is 5.56. The van der Waals surface area contributed by atoms with E-state index in [4.69, 9.17) is 10.7 Å². The summed E-state index contributed by atoms with van der Waals surface area (Å²) in [5.41, 5.74) is 1.01. The van der Waals surface area contributed by atoms with Gasteiger partial charge in [0.2, 0.25) is 0 Å². The van der Waals surface area contributed by atoms with Crippen molar-refractivity contribution in [3.05, 3.63) is 64.2 Å². The van der Waals surface area contributed by atoms with Gasteiger partial charge in [-0.3, -0.25) is 9.74 Å². The van der Waals surface area contributed by atoms with Crippen LogP contribution in [0, 0.1) is 17.8 Å². The molecule has 3 aliphatic rings. The summed E-state index contributed by atoms with van der Waals surface area (Å²) in [7, 11) is 0. The fraction of sp³-hybridized carbons (Fsp3) is 0.600. The standard InChI is InChI=1S/C30H37F6N3O2/c1-17(28(40)41-37)27(20-3-4-20)21-5-2-18-6-9-25(38-26(18)15-21)19-10-12-39(13-11-19)16-22-14-23(29(31,32)33)7-8-24(22)30(34,35)36/h2,5,7-8,14-15,17,19-20,25,27-28,38,40H,3-4,6,9-13,16,37H2,1H3/t17-,25?,27-,28?/m0/s1. The normalized spacial score (nSPS) is 23.0. The van der Waals surface area contributed by atoms with Gasteiger partial charge in [-0.05, 0) is 110 Å². The number of aliphatic hydroxyl groups is 1. The van der Waals surface area contributed by atoms with Gasteiger partial charge in [0.25, 0.3) is 0 Å². The molecule has 41 heavy (non-hydrogen) atoms. The van der Waals surface area contributed by atoms with Crippen LogP contribution in [0.1, 0.15) is 72.8 Å². The number of benzene rings is 2. The summed E-state index contributed by atoms with van der Waals surface area (Å²) in [4.78, 5) is 6.54. The fourth-order valence-electron chi connectivity index (χ4n) is 6.78. The molecule has 2 aromatic carbocycles. The van der Waals surface area contributed by atoms with Gasteiger partial charge in [0.05, 0.1) is 11.1 Å². The number of hydrogen-bond donors (Lipinski definition) is 3. The predicted octanol–water partition coefficient (Wildman–Crippen LogP) is 6.70. The topological polar surface area (TPSA) is 70.8 Å². The Hall–Kier alpha value is -2.34. The van der Waals surface area contributed by atoms with Crippen molar-refractivity contribution in [1.29, 1.82) is 0 Å². The number of hydrogen-bond acceptors (Lipinski definition) is 5. The quantitative estimate of drug-likeness (QED) is 0.183. The fourth-order valence-corrected chi connectivity index (χ4v) is 6.78. The highest BCUT2D eigenvalue weighted by atomic mass is 19.4. The van der Waals surface area contributed by atoms with E-state index in [-0.39, 0.29) is 30.0 Å². The number of piperidine rings is 1. The Morgan fingerprint density at radius 2 is 1.68 bits per heavy atom. The number of nitrogens with one attached hydrogen (secondary N) is 1. The van der Waals surface area contributed by atoms with Gasteiger partial charge in [-0.1, -0.05) is 19.1 Å². The lowest BCUT2D eigenvalue weighted by Crippen LogP contribution is -2.41.